The van der Waals surface area contributed by atoms with Crippen LogP contribution in [0.4, 0.5) is 13.2 Å². The van der Waals surface area contributed by atoms with E-state index in [1.807, 2.05) is 0 Å². The zero-order valence-corrected chi connectivity index (χ0v) is 10.8. The number of alkyl halides is 3. The molecule has 0 saturated heterocycles. The lowest BCUT2D eigenvalue weighted by Crippen LogP contribution is -2.19. The second-order valence-electron chi connectivity index (χ2n) is 4.92. The molecular weight excluding hydrogens is 275 g/mol. The Hall–Kier alpha value is -1.57. The van der Waals surface area contributed by atoms with Gasteiger partial charge in [-0.3, -0.25) is 9.48 Å². The number of carboxylic acid groups (broad SMARTS) is 1. The monoisotopic (exact) mass is 291 g/mol. The SMILES string of the molecule is NCCC1CCCc2c1c(C(F)(F)F)nn2CC(=O)O. The fraction of sp³-hybridized carbons (Fsp3) is 0.667. The fourth-order valence-corrected chi connectivity index (χ4v) is 2.82. The van der Waals surface area contributed by atoms with Crippen LogP contribution in [0.15, 0.2) is 0 Å². The molecule has 0 saturated carbocycles. The van der Waals surface area contributed by atoms with Crippen LogP contribution in [0.3, 0.4) is 0 Å². The van der Waals surface area contributed by atoms with Crippen LogP contribution < -0.4 is 5.73 Å². The van der Waals surface area contributed by atoms with Crippen molar-refractivity contribution in [1.29, 1.82) is 0 Å². The molecule has 1 aliphatic carbocycles. The van der Waals surface area contributed by atoms with Crippen LogP contribution >= 0.6 is 0 Å². The minimum Gasteiger partial charge on any atom is -0.480 e. The van der Waals surface area contributed by atoms with Crippen molar-refractivity contribution in [2.45, 2.75) is 44.3 Å². The van der Waals surface area contributed by atoms with E-state index >= 15 is 0 Å². The first-order valence-electron chi connectivity index (χ1n) is 6.43. The number of rotatable bonds is 4. The summed E-state index contributed by atoms with van der Waals surface area (Å²) in [5.41, 5.74) is 5.05. The number of carboxylic acids is 1. The van der Waals surface area contributed by atoms with Gasteiger partial charge in [-0.25, -0.2) is 0 Å². The van der Waals surface area contributed by atoms with Crippen molar-refractivity contribution in [2.75, 3.05) is 6.54 Å². The van der Waals surface area contributed by atoms with Crippen molar-refractivity contribution >= 4 is 5.97 Å². The van der Waals surface area contributed by atoms with Crippen molar-refractivity contribution in [3.05, 3.63) is 17.0 Å². The Kier molecular flexibility index (Phi) is 4.03. The summed E-state index contributed by atoms with van der Waals surface area (Å²) in [5, 5.41) is 12.3. The van der Waals surface area contributed by atoms with E-state index in [1.165, 1.54) is 0 Å². The van der Waals surface area contributed by atoms with E-state index < -0.39 is 24.4 Å². The first-order chi connectivity index (χ1) is 9.34. The van der Waals surface area contributed by atoms with Gasteiger partial charge in [-0.1, -0.05) is 0 Å². The number of aromatic nitrogens is 2. The number of fused-ring (bicyclic) bond motifs is 1. The summed E-state index contributed by atoms with van der Waals surface area (Å²) in [4.78, 5) is 10.8. The van der Waals surface area contributed by atoms with Gasteiger partial charge >= 0.3 is 12.1 Å². The third-order valence-corrected chi connectivity index (χ3v) is 3.54. The quantitative estimate of drug-likeness (QED) is 0.885. The Morgan fingerprint density at radius 1 is 1.50 bits per heavy atom. The second kappa shape index (κ2) is 5.43. The molecule has 2 rings (SSSR count). The van der Waals surface area contributed by atoms with Gasteiger partial charge in [0.1, 0.15) is 6.54 Å². The van der Waals surface area contributed by atoms with E-state index in [2.05, 4.69) is 5.10 Å². The molecule has 1 atom stereocenters. The molecule has 0 spiro atoms. The van der Waals surface area contributed by atoms with E-state index in [4.69, 9.17) is 10.8 Å². The number of carbonyl (C=O) groups is 1. The third-order valence-electron chi connectivity index (χ3n) is 3.54. The summed E-state index contributed by atoms with van der Waals surface area (Å²) in [6.45, 7) is -0.251. The van der Waals surface area contributed by atoms with Gasteiger partial charge in [0, 0.05) is 11.3 Å². The third kappa shape index (κ3) is 2.79. The minimum atomic E-state index is -4.57. The molecule has 0 aromatic carbocycles. The maximum atomic E-state index is 13.1. The number of nitrogens with zero attached hydrogens (tertiary/aromatic N) is 2. The largest absolute Gasteiger partial charge is 0.480 e. The van der Waals surface area contributed by atoms with Crippen LogP contribution in [0.25, 0.3) is 0 Å². The zero-order valence-electron chi connectivity index (χ0n) is 10.8. The zero-order chi connectivity index (χ0) is 14.9. The normalized spacial score (nSPS) is 18.9. The lowest BCUT2D eigenvalue weighted by atomic mass is 9.83. The average Bonchev–Trinajstić information content (AvgIpc) is 2.69. The Balaban J connectivity index is 2.52. The molecule has 5 nitrogen and oxygen atoms in total. The maximum Gasteiger partial charge on any atom is 0.435 e. The second-order valence-corrected chi connectivity index (χ2v) is 4.92. The molecule has 0 radical (unpaired) electrons. The molecular formula is C12H16F3N3O2. The minimum absolute atomic E-state index is 0.149. The summed E-state index contributed by atoms with van der Waals surface area (Å²) in [6, 6.07) is 0. The first-order valence-corrected chi connectivity index (χ1v) is 6.43. The van der Waals surface area contributed by atoms with E-state index in [9.17, 15) is 18.0 Å². The van der Waals surface area contributed by atoms with Gasteiger partial charge in [0.2, 0.25) is 0 Å². The topological polar surface area (TPSA) is 81.1 Å². The van der Waals surface area contributed by atoms with Gasteiger partial charge in [-0.2, -0.15) is 18.3 Å². The van der Waals surface area contributed by atoms with Gasteiger partial charge in [0.25, 0.3) is 0 Å². The number of nitrogens with two attached hydrogens (primary N) is 1. The Labute approximate surface area is 113 Å². The Bertz CT molecular complexity index is 511. The van der Waals surface area contributed by atoms with Gasteiger partial charge in [0.05, 0.1) is 0 Å². The van der Waals surface area contributed by atoms with Crippen LogP contribution in [0.2, 0.25) is 0 Å². The molecule has 20 heavy (non-hydrogen) atoms. The molecule has 8 heteroatoms. The lowest BCUT2D eigenvalue weighted by molar-refractivity contribution is -0.143. The van der Waals surface area contributed by atoms with Crippen LogP contribution in [0, 0.1) is 0 Å². The number of hydrogen-bond donors (Lipinski definition) is 2. The summed E-state index contributed by atoms with van der Waals surface area (Å²) in [7, 11) is 0. The fourth-order valence-electron chi connectivity index (χ4n) is 2.82. The summed E-state index contributed by atoms with van der Waals surface area (Å²) in [6.07, 6.45) is -2.34. The van der Waals surface area contributed by atoms with Crippen LogP contribution in [-0.4, -0.2) is 27.4 Å². The van der Waals surface area contributed by atoms with E-state index in [0.29, 0.717) is 31.5 Å². The Morgan fingerprint density at radius 2 is 2.20 bits per heavy atom. The average molecular weight is 291 g/mol. The lowest BCUT2D eigenvalue weighted by Gasteiger charge is -2.23. The maximum absolute atomic E-state index is 13.1. The highest BCUT2D eigenvalue weighted by molar-refractivity contribution is 5.66. The first kappa shape index (κ1) is 14.8. The molecule has 0 aliphatic heterocycles. The molecule has 1 aliphatic rings. The Morgan fingerprint density at radius 3 is 2.75 bits per heavy atom. The summed E-state index contributed by atoms with van der Waals surface area (Å²) >= 11 is 0. The molecule has 1 aromatic rings. The van der Waals surface area contributed by atoms with E-state index in [1.54, 1.807) is 0 Å². The van der Waals surface area contributed by atoms with Gasteiger partial charge in [-0.05, 0) is 38.1 Å². The standard InChI is InChI=1S/C12H16F3N3O2/c13-12(14,15)11-10-7(4-5-16)2-1-3-8(10)18(17-11)6-9(19)20/h7H,1-6,16H2,(H,19,20). The molecule has 1 heterocycles. The highest BCUT2D eigenvalue weighted by atomic mass is 19.4. The number of hydrogen-bond acceptors (Lipinski definition) is 3. The van der Waals surface area contributed by atoms with Gasteiger partial charge < -0.3 is 10.8 Å². The number of aliphatic carboxylic acids is 1. The van der Waals surface area contributed by atoms with Crippen molar-refractivity contribution in [3.8, 4) is 0 Å². The smallest absolute Gasteiger partial charge is 0.435 e. The molecule has 0 bridgehead atoms. The summed E-state index contributed by atoms with van der Waals surface area (Å²) in [5.74, 6) is -1.49. The number of halogens is 3. The molecule has 3 N–H and O–H groups in total. The molecule has 112 valence electrons. The highest BCUT2D eigenvalue weighted by Crippen LogP contribution is 2.42. The van der Waals surface area contributed by atoms with Crippen LogP contribution in [0.1, 0.15) is 42.1 Å². The highest BCUT2D eigenvalue weighted by Gasteiger charge is 2.42. The van der Waals surface area contributed by atoms with Gasteiger partial charge in [0.15, 0.2) is 5.69 Å². The van der Waals surface area contributed by atoms with E-state index in [-0.39, 0.29) is 11.5 Å². The van der Waals surface area contributed by atoms with Crippen molar-refractivity contribution < 1.29 is 23.1 Å². The molecule has 1 aromatic heterocycles. The van der Waals surface area contributed by atoms with Crippen LogP contribution in [-0.2, 0) is 23.9 Å². The van der Waals surface area contributed by atoms with Crippen LogP contribution in [0.5, 0.6) is 0 Å². The molecule has 1 unspecified atom stereocenters. The predicted molar refractivity (Wildman–Crippen MR) is 64.2 cm³/mol. The predicted octanol–water partition coefficient (Wildman–Crippen LogP) is 1.76. The van der Waals surface area contributed by atoms with Crippen molar-refractivity contribution in [1.82, 2.24) is 9.78 Å². The van der Waals surface area contributed by atoms with E-state index in [0.717, 1.165) is 11.1 Å². The molecule has 0 amide bonds. The summed E-state index contributed by atoms with van der Waals surface area (Å²) < 4.78 is 40.2. The van der Waals surface area contributed by atoms with Crippen molar-refractivity contribution in [2.24, 2.45) is 5.73 Å². The van der Waals surface area contributed by atoms with Crippen molar-refractivity contribution in [3.63, 3.8) is 0 Å². The van der Waals surface area contributed by atoms with Gasteiger partial charge in [-0.15, -0.1) is 0 Å². The molecule has 0 fully saturated rings.